The fraction of sp³-hybridized carbons (Fsp3) is 0.692. The van der Waals surface area contributed by atoms with Crippen LogP contribution in [0.1, 0.15) is 25.5 Å². The van der Waals surface area contributed by atoms with Crippen LogP contribution in [0.25, 0.3) is 0 Å². The lowest BCUT2D eigenvalue weighted by molar-refractivity contribution is -0.385. The number of aromatic nitrogens is 2. The van der Waals surface area contributed by atoms with E-state index in [0.717, 1.165) is 19.4 Å². The first kappa shape index (κ1) is 15.4. The summed E-state index contributed by atoms with van der Waals surface area (Å²) in [6.07, 6.45) is 2.00. The fourth-order valence-corrected chi connectivity index (χ4v) is 2.60. The zero-order chi connectivity index (χ0) is 15.4. The zero-order valence-electron chi connectivity index (χ0n) is 12.6. The van der Waals surface area contributed by atoms with Gasteiger partial charge in [-0.15, -0.1) is 0 Å². The van der Waals surface area contributed by atoms with Crippen molar-refractivity contribution >= 4 is 17.5 Å². The first-order chi connectivity index (χ1) is 10.1. The number of anilines is 2. The Labute approximate surface area is 123 Å². The number of ether oxygens (including phenoxy) is 1. The maximum atomic E-state index is 11.3. The minimum atomic E-state index is -0.408. The molecule has 1 aliphatic heterocycles. The van der Waals surface area contributed by atoms with Gasteiger partial charge in [0.05, 0.1) is 11.0 Å². The summed E-state index contributed by atoms with van der Waals surface area (Å²) < 4.78 is 5.65. The van der Waals surface area contributed by atoms with Crippen molar-refractivity contribution in [3.8, 4) is 0 Å². The van der Waals surface area contributed by atoms with Crippen molar-refractivity contribution in [2.75, 3.05) is 37.0 Å². The molecule has 0 spiro atoms. The predicted molar refractivity (Wildman–Crippen MR) is 79.8 cm³/mol. The normalized spacial score (nSPS) is 18.6. The third-order valence-electron chi connectivity index (χ3n) is 3.53. The largest absolute Gasteiger partial charge is 0.377 e. The molecule has 1 aliphatic rings. The molecule has 0 radical (unpaired) electrons. The number of rotatable bonds is 5. The third-order valence-corrected chi connectivity index (χ3v) is 3.53. The van der Waals surface area contributed by atoms with Crippen LogP contribution in [0.3, 0.4) is 0 Å². The molecule has 1 atom stereocenters. The average molecular weight is 295 g/mol. The Morgan fingerprint density at radius 1 is 1.52 bits per heavy atom. The molecule has 0 bridgehead atoms. The molecular weight excluding hydrogens is 274 g/mol. The number of hydrogen-bond donors (Lipinski definition) is 1. The van der Waals surface area contributed by atoms with Crippen LogP contribution in [-0.4, -0.2) is 47.7 Å². The van der Waals surface area contributed by atoms with Gasteiger partial charge in [-0.3, -0.25) is 10.1 Å². The molecule has 21 heavy (non-hydrogen) atoms. The molecule has 0 saturated carbocycles. The van der Waals surface area contributed by atoms with Crippen molar-refractivity contribution in [3.63, 3.8) is 0 Å². The molecule has 8 nitrogen and oxygen atoms in total. The summed E-state index contributed by atoms with van der Waals surface area (Å²) in [6, 6.07) is 0. The topological polar surface area (TPSA) is 93.4 Å². The van der Waals surface area contributed by atoms with E-state index in [-0.39, 0.29) is 11.8 Å². The highest BCUT2D eigenvalue weighted by atomic mass is 16.6. The Hall–Kier alpha value is -1.96. The first-order valence-corrected chi connectivity index (χ1v) is 7.14. The Balaban J connectivity index is 2.36. The summed E-state index contributed by atoms with van der Waals surface area (Å²) in [6.45, 7) is 5.59. The van der Waals surface area contributed by atoms with Crippen molar-refractivity contribution < 1.29 is 9.66 Å². The monoisotopic (exact) mass is 295 g/mol. The molecule has 116 valence electrons. The van der Waals surface area contributed by atoms with Gasteiger partial charge >= 0.3 is 5.69 Å². The molecule has 1 unspecified atom stereocenters. The summed E-state index contributed by atoms with van der Waals surface area (Å²) >= 11 is 0. The van der Waals surface area contributed by atoms with Gasteiger partial charge in [-0.25, -0.2) is 4.98 Å². The highest BCUT2D eigenvalue weighted by Gasteiger charge is 2.30. The maximum Gasteiger partial charge on any atom is 0.332 e. The molecule has 1 aromatic heterocycles. The van der Waals surface area contributed by atoms with Crippen LogP contribution in [0.4, 0.5) is 17.5 Å². The summed E-state index contributed by atoms with van der Waals surface area (Å²) in [7, 11) is 1.70. The highest BCUT2D eigenvalue weighted by Crippen LogP contribution is 2.31. The van der Waals surface area contributed by atoms with Crippen LogP contribution in [0.15, 0.2) is 0 Å². The van der Waals surface area contributed by atoms with Crippen LogP contribution in [0.5, 0.6) is 0 Å². The van der Waals surface area contributed by atoms with Crippen molar-refractivity contribution in [1.29, 1.82) is 0 Å². The van der Waals surface area contributed by atoms with Crippen molar-refractivity contribution in [3.05, 3.63) is 15.8 Å². The smallest absolute Gasteiger partial charge is 0.332 e. The number of nitrogens with zero attached hydrogens (tertiary/aromatic N) is 4. The van der Waals surface area contributed by atoms with Gasteiger partial charge < -0.3 is 15.0 Å². The Bertz CT molecular complexity index is 521. The van der Waals surface area contributed by atoms with Crippen molar-refractivity contribution in [2.24, 2.45) is 0 Å². The van der Waals surface area contributed by atoms with E-state index < -0.39 is 4.92 Å². The van der Waals surface area contributed by atoms with Gasteiger partial charge in [-0.05, 0) is 26.7 Å². The van der Waals surface area contributed by atoms with E-state index in [1.165, 1.54) is 0 Å². The molecule has 2 heterocycles. The molecule has 0 aromatic carbocycles. The van der Waals surface area contributed by atoms with E-state index in [4.69, 9.17) is 4.74 Å². The lowest BCUT2D eigenvalue weighted by Gasteiger charge is -2.33. The Kier molecular flexibility index (Phi) is 4.89. The van der Waals surface area contributed by atoms with Gasteiger partial charge in [0, 0.05) is 26.7 Å². The molecule has 0 aliphatic carbocycles. The maximum absolute atomic E-state index is 11.3. The molecule has 2 rings (SSSR count). The summed E-state index contributed by atoms with van der Waals surface area (Å²) in [4.78, 5) is 21.3. The molecule has 1 fully saturated rings. The van der Waals surface area contributed by atoms with Crippen LogP contribution >= 0.6 is 0 Å². The van der Waals surface area contributed by atoms with Gasteiger partial charge in [0.1, 0.15) is 5.69 Å². The van der Waals surface area contributed by atoms with Crippen LogP contribution in [0.2, 0.25) is 0 Å². The molecule has 1 saturated heterocycles. The van der Waals surface area contributed by atoms with Gasteiger partial charge in [0.2, 0.25) is 11.8 Å². The number of piperidine rings is 1. The van der Waals surface area contributed by atoms with E-state index in [9.17, 15) is 10.1 Å². The van der Waals surface area contributed by atoms with Gasteiger partial charge in [-0.1, -0.05) is 0 Å². The van der Waals surface area contributed by atoms with E-state index in [1.807, 2.05) is 11.8 Å². The zero-order valence-corrected chi connectivity index (χ0v) is 12.6. The quantitative estimate of drug-likeness (QED) is 0.653. The van der Waals surface area contributed by atoms with Crippen molar-refractivity contribution in [2.45, 2.75) is 32.8 Å². The van der Waals surface area contributed by atoms with Crippen LogP contribution in [-0.2, 0) is 4.74 Å². The third kappa shape index (κ3) is 3.38. The molecule has 8 heteroatoms. The van der Waals surface area contributed by atoms with Crippen LogP contribution < -0.4 is 10.2 Å². The summed E-state index contributed by atoms with van der Waals surface area (Å²) in [5.74, 6) is 0.771. The Morgan fingerprint density at radius 3 is 2.90 bits per heavy atom. The van der Waals surface area contributed by atoms with E-state index in [0.29, 0.717) is 30.6 Å². The SMILES string of the molecule is CCOC1CCCN(c2nc(NC)nc(C)c2[N+](=O)[O-])C1. The second kappa shape index (κ2) is 6.66. The summed E-state index contributed by atoms with van der Waals surface area (Å²) in [5, 5.41) is 14.2. The second-order valence-electron chi connectivity index (χ2n) is 4.98. The van der Waals surface area contributed by atoms with E-state index in [2.05, 4.69) is 15.3 Å². The van der Waals surface area contributed by atoms with E-state index >= 15 is 0 Å². The van der Waals surface area contributed by atoms with Crippen molar-refractivity contribution in [1.82, 2.24) is 9.97 Å². The number of aryl methyl sites for hydroxylation is 1. The molecule has 0 amide bonds. The lowest BCUT2D eigenvalue weighted by atomic mass is 10.1. The van der Waals surface area contributed by atoms with Gasteiger partial charge in [0.25, 0.3) is 0 Å². The highest BCUT2D eigenvalue weighted by molar-refractivity contribution is 5.62. The van der Waals surface area contributed by atoms with Crippen LogP contribution in [0, 0.1) is 17.0 Å². The standard InChI is InChI=1S/C13H21N5O3/c1-4-21-10-6-5-7-17(8-10)12-11(18(19)20)9(2)15-13(14-3)16-12/h10H,4-8H2,1-3H3,(H,14,15,16). The minimum absolute atomic E-state index is 0.0221. The van der Waals surface area contributed by atoms with E-state index in [1.54, 1.807) is 14.0 Å². The second-order valence-corrected chi connectivity index (χ2v) is 4.98. The molecular formula is C13H21N5O3. The fourth-order valence-electron chi connectivity index (χ4n) is 2.60. The average Bonchev–Trinajstić information content (AvgIpc) is 2.46. The van der Waals surface area contributed by atoms with Gasteiger partial charge in [0.15, 0.2) is 0 Å². The minimum Gasteiger partial charge on any atom is -0.377 e. The first-order valence-electron chi connectivity index (χ1n) is 7.14. The van der Waals surface area contributed by atoms with Gasteiger partial charge in [-0.2, -0.15) is 4.98 Å². The number of nitrogens with one attached hydrogen (secondary N) is 1. The number of hydrogen-bond acceptors (Lipinski definition) is 7. The molecule has 1 N–H and O–H groups in total. The number of nitro groups is 1. The molecule has 1 aromatic rings. The predicted octanol–water partition coefficient (Wildman–Crippen LogP) is 1.74. The Morgan fingerprint density at radius 2 is 2.29 bits per heavy atom. The lowest BCUT2D eigenvalue weighted by Crippen LogP contribution is -2.40. The summed E-state index contributed by atoms with van der Waals surface area (Å²) in [5.41, 5.74) is 0.346.